The van der Waals surface area contributed by atoms with Crippen LogP contribution in [-0.4, -0.2) is 107 Å². The van der Waals surface area contributed by atoms with Crippen molar-refractivity contribution in [1.29, 1.82) is 0 Å². The summed E-state index contributed by atoms with van der Waals surface area (Å²) in [6, 6.07) is 58.1. The standard InChI is InChI=1S/3C30H28N2O4.Ru/c1-33-27-11-9-21(19-29(27)35-3)5-7-23-13-15-31-25(17-23)26-18-24(14-16-32-26)8-6-22-10-12-28(34-2)30(20-22)36-4;1-34-28-11-9-22(19-30(28)36-3)5-7-24-13-15-32-27(17-24)26-16-23(12-14-31-26)6-4-21-8-10-25(20-33)29(18-21)35-2;1-36-30-9-7-22(15-27(30)20-35)3-5-24-11-13-32-29(17-24)28-16-23(10-12-31-28)4-2-21-6-8-25(18-33)26(14-21)19-34;/h5-20H,1-4H3;4-19,33H,20H2,1-3H3;2-17,33-35H,18-20H2,1H3;/b7-5+,8-6+;6-4+,7-5+;4-2+,5-3+;. The maximum Gasteiger partial charge on any atom is 0.161 e. The zero-order valence-electron chi connectivity index (χ0n) is 61.6. The van der Waals surface area contributed by atoms with Crippen LogP contribution in [0.25, 0.3) is 107 Å². The van der Waals surface area contributed by atoms with Gasteiger partial charge in [0.15, 0.2) is 34.5 Å². The average Bonchev–Trinajstić information content (AvgIpc) is 0.841. The smallest absolute Gasteiger partial charge is 0.161 e. The summed E-state index contributed by atoms with van der Waals surface area (Å²) in [4.78, 5) is 27.1. The number of benzene rings is 6. The van der Waals surface area contributed by atoms with Crippen LogP contribution >= 0.6 is 0 Å². The van der Waals surface area contributed by atoms with E-state index in [9.17, 15) is 20.4 Å². The molecule has 12 rings (SSSR count). The maximum atomic E-state index is 9.55. The fourth-order valence-corrected chi connectivity index (χ4v) is 11.2. The van der Waals surface area contributed by atoms with Gasteiger partial charge in [-0.3, -0.25) is 29.9 Å². The molecule has 6 aromatic carbocycles. The van der Waals surface area contributed by atoms with Crippen molar-refractivity contribution in [2.24, 2.45) is 0 Å². The minimum Gasteiger partial charge on any atom is -0.496 e. The number of aromatic nitrogens is 6. The summed E-state index contributed by atoms with van der Waals surface area (Å²) in [5.41, 5.74) is 19.5. The molecule has 0 bridgehead atoms. The molecular weight excluding hydrogens is 1460 g/mol. The van der Waals surface area contributed by atoms with Gasteiger partial charge in [-0.1, -0.05) is 121 Å². The number of hydrogen-bond donors (Lipinski definition) is 4. The van der Waals surface area contributed by atoms with Crippen LogP contribution in [0.15, 0.2) is 219 Å². The van der Waals surface area contributed by atoms with Crippen molar-refractivity contribution < 1.29 is 77.8 Å². The summed E-state index contributed by atoms with van der Waals surface area (Å²) >= 11 is 0. The van der Waals surface area contributed by atoms with Crippen LogP contribution in [0.5, 0.6) is 46.0 Å². The van der Waals surface area contributed by atoms with E-state index in [1.54, 1.807) is 94.1 Å². The number of aliphatic hydroxyl groups excluding tert-OH is 4. The van der Waals surface area contributed by atoms with E-state index >= 15 is 0 Å². The minimum atomic E-state index is -0.117. The summed E-state index contributed by atoms with van der Waals surface area (Å²) in [6.45, 7) is -0.360. The second kappa shape index (κ2) is 41.4. The van der Waals surface area contributed by atoms with Crippen LogP contribution in [0, 0.1) is 0 Å². The van der Waals surface area contributed by atoms with Crippen molar-refractivity contribution in [3.8, 4) is 80.2 Å². The second-order valence-corrected chi connectivity index (χ2v) is 24.0. The van der Waals surface area contributed by atoms with Crippen LogP contribution in [-0.2, 0) is 45.9 Å². The molecule has 4 N–H and O–H groups in total. The van der Waals surface area contributed by atoms with Crippen LogP contribution in [0.2, 0.25) is 0 Å². The van der Waals surface area contributed by atoms with Crippen molar-refractivity contribution in [3.63, 3.8) is 0 Å². The summed E-state index contributed by atoms with van der Waals surface area (Å²) in [6.07, 6.45) is 34.7. The topological polar surface area (TPSA) is 232 Å². The van der Waals surface area contributed by atoms with Gasteiger partial charge in [0.05, 0.1) is 117 Å². The predicted molar refractivity (Wildman–Crippen MR) is 431 cm³/mol. The van der Waals surface area contributed by atoms with Gasteiger partial charge in [0, 0.05) is 67.8 Å². The second-order valence-electron chi connectivity index (χ2n) is 24.0. The van der Waals surface area contributed by atoms with Crippen molar-refractivity contribution in [3.05, 3.63) is 308 Å². The molecule has 109 heavy (non-hydrogen) atoms. The van der Waals surface area contributed by atoms with E-state index < -0.39 is 0 Å². The third-order valence-electron chi connectivity index (χ3n) is 17.1. The van der Waals surface area contributed by atoms with Crippen LogP contribution in [0.4, 0.5) is 0 Å². The molecule has 0 aliphatic heterocycles. The van der Waals surface area contributed by atoms with E-state index in [0.717, 1.165) is 118 Å². The number of aliphatic hydroxyl groups is 4. The molecule has 0 spiro atoms. The molecule has 554 valence electrons. The normalized spacial score (nSPS) is 11.2. The van der Waals surface area contributed by atoms with Gasteiger partial charge in [-0.2, -0.15) is 0 Å². The van der Waals surface area contributed by atoms with E-state index in [0.29, 0.717) is 51.6 Å². The Balaban J connectivity index is 0.000000188. The molecule has 0 fully saturated rings. The first kappa shape index (κ1) is 80.6. The molecule has 19 heteroatoms. The van der Waals surface area contributed by atoms with E-state index in [2.05, 4.69) is 29.9 Å². The predicted octanol–water partition coefficient (Wildman–Crippen LogP) is 17.5. The fraction of sp³-hybridized carbons (Fsp3) is 0.133. The Labute approximate surface area is 648 Å². The molecule has 0 amide bonds. The van der Waals surface area contributed by atoms with Gasteiger partial charge in [-0.05, 0) is 211 Å². The monoisotopic (exact) mass is 1540 g/mol. The van der Waals surface area contributed by atoms with Gasteiger partial charge >= 0.3 is 0 Å². The summed E-state index contributed by atoms with van der Waals surface area (Å²) < 4.78 is 42.7. The van der Waals surface area contributed by atoms with E-state index in [4.69, 9.17) is 37.9 Å². The average molecular weight is 1540 g/mol. The Bertz CT molecular complexity index is 4380. The van der Waals surface area contributed by atoms with E-state index in [1.165, 1.54) is 0 Å². The third-order valence-corrected chi connectivity index (χ3v) is 17.1. The van der Waals surface area contributed by atoms with Gasteiger partial charge in [-0.15, -0.1) is 0 Å². The number of ether oxygens (including phenoxy) is 8. The molecule has 0 saturated carbocycles. The van der Waals surface area contributed by atoms with Crippen molar-refractivity contribution in [2.45, 2.75) is 26.4 Å². The Morgan fingerprint density at radius 2 is 0.404 bits per heavy atom. The summed E-state index contributed by atoms with van der Waals surface area (Å²) in [5, 5.41) is 37.9. The molecule has 0 atom stereocenters. The first-order valence-electron chi connectivity index (χ1n) is 34.3. The molecule has 6 heterocycles. The third kappa shape index (κ3) is 22.8. The van der Waals surface area contributed by atoms with Gasteiger partial charge in [0.1, 0.15) is 11.5 Å². The van der Waals surface area contributed by atoms with Crippen molar-refractivity contribution in [2.75, 3.05) is 56.9 Å². The number of hydrogen-bond acceptors (Lipinski definition) is 18. The maximum absolute atomic E-state index is 9.55. The first-order valence-corrected chi connectivity index (χ1v) is 34.3. The van der Waals surface area contributed by atoms with Crippen LogP contribution in [0.3, 0.4) is 0 Å². The Kier molecular flexibility index (Phi) is 30.6. The molecule has 0 aliphatic rings. The Morgan fingerprint density at radius 3 is 0.651 bits per heavy atom. The summed E-state index contributed by atoms with van der Waals surface area (Å²) in [5.74, 6) is 5.50. The number of rotatable bonds is 27. The quantitative estimate of drug-likeness (QED) is 0.0351. The SMILES string of the molecule is COc1cc(/C=C/c2ccnc(-c3cc(/C=C/c4ccc(OC)c(OC)c4)ccn3)c2)ccc1CO.COc1ccc(/C=C/c2ccnc(-c3cc(/C=C/c4ccc(CO)c(CO)c4)ccn3)c2)cc1CO.COc1ccc(/C=C/c2ccnc(-c3cc(/C=C/c4ccc(OC)c(OC)c4)ccn3)c2)cc1OC.[Ru]. The van der Waals surface area contributed by atoms with Gasteiger partial charge in [-0.25, -0.2) is 0 Å². The number of pyridine rings is 6. The number of nitrogens with zero attached hydrogens (tertiary/aromatic N) is 6. The molecule has 0 radical (unpaired) electrons. The molecule has 18 nitrogen and oxygen atoms in total. The van der Waals surface area contributed by atoms with Gasteiger partial charge in [0.25, 0.3) is 0 Å². The fourth-order valence-electron chi connectivity index (χ4n) is 11.2. The largest absolute Gasteiger partial charge is 0.496 e. The molecule has 6 aromatic heterocycles. The molecule has 0 unspecified atom stereocenters. The van der Waals surface area contributed by atoms with Gasteiger partial charge in [0.2, 0.25) is 0 Å². The zero-order chi connectivity index (χ0) is 76.0. The van der Waals surface area contributed by atoms with Crippen molar-refractivity contribution in [1.82, 2.24) is 29.9 Å². The first-order chi connectivity index (χ1) is 52.9. The number of methoxy groups -OCH3 is 8. The Morgan fingerprint density at radius 1 is 0.202 bits per heavy atom. The summed E-state index contributed by atoms with van der Waals surface area (Å²) in [7, 11) is 12.9. The zero-order valence-corrected chi connectivity index (χ0v) is 63.4. The van der Waals surface area contributed by atoms with E-state index in [1.807, 2.05) is 255 Å². The van der Waals surface area contributed by atoms with Crippen LogP contribution < -0.4 is 37.9 Å². The minimum absolute atomic E-state index is 0. The molecule has 12 aromatic rings. The Hall–Kier alpha value is -12.5. The van der Waals surface area contributed by atoms with Crippen molar-refractivity contribution >= 4 is 72.9 Å². The molecular formula is C90H84N6O12Ru. The van der Waals surface area contributed by atoms with E-state index in [-0.39, 0.29) is 45.9 Å². The molecule has 0 saturated heterocycles. The van der Waals surface area contributed by atoms with Gasteiger partial charge < -0.3 is 58.3 Å². The molecule has 0 aliphatic carbocycles. The van der Waals surface area contributed by atoms with Crippen LogP contribution in [0.1, 0.15) is 89.0 Å².